The summed E-state index contributed by atoms with van der Waals surface area (Å²) in [4.78, 5) is 24.5. The van der Waals surface area contributed by atoms with Crippen LogP contribution in [0, 0.1) is 11.3 Å². The van der Waals surface area contributed by atoms with Gasteiger partial charge in [0.2, 0.25) is 5.88 Å². The van der Waals surface area contributed by atoms with E-state index in [0.29, 0.717) is 56.8 Å². The molecule has 1 atom stereocenters. The van der Waals surface area contributed by atoms with E-state index in [0.717, 1.165) is 16.8 Å². The Bertz CT molecular complexity index is 1300. The molecule has 0 spiro atoms. The Balaban J connectivity index is 1.42. The lowest BCUT2D eigenvalue weighted by Crippen LogP contribution is -2.65. The fraction of sp³-hybridized carbons (Fsp3) is 0.462. The fourth-order valence-electron chi connectivity index (χ4n) is 4.68. The van der Waals surface area contributed by atoms with Crippen LogP contribution in [-0.2, 0) is 10.2 Å². The molecule has 0 aromatic carbocycles. The van der Waals surface area contributed by atoms with Crippen molar-refractivity contribution in [1.82, 2.24) is 25.4 Å². The van der Waals surface area contributed by atoms with Gasteiger partial charge < -0.3 is 14.8 Å². The summed E-state index contributed by atoms with van der Waals surface area (Å²) in [5.74, 6) is -0.258. The first-order valence-electron chi connectivity index (χ1n) is 12.4. The number of amides is 1. The van der Waals surface area contributed by atoms with E-state index in [-0.39, 0.29) is 11.8 Å². The number of hydrogen-bond acceptors (Lipinski definition) is 9. The molecule has 2 aliphatic heterocycles. The number of aromatic nitrogens is 3. The van der Waals surface area contributed by atoms with Crippen LogP contribution in [-0.4, -0.2) is 77.2 Å². The van der Waals surface area contributed by atoms with Crippen molar-refractivity contribution in [3.8, 4) is 11.9 Å². The van der Waals surface area contributed by atoms with Gasteiger partial charge in [-0.1, -0.05) is 0 Å². The first-order chi connectivity index (χ1) is 18.3. The first-order valence-corrected chi connectivity index (χ1v) is 12.4. The highest BCUT2D eigenvalue weighted by atomic mass is 19.3. The summed E-state index contributed by atoms with van der Waals surface area (Å²) in [6.45, 7) is 3.31. The van der Waals surface area contributed by atoms with Crippen LogP contribution in [0.15, 0.2) is 41.3 Å². The van der Waals surface area contributed by atoms with Crippen LogP contribution in [0.25, 0.3) is 5.57 Å². The van der Waals surface area contributed by atoms with Gasteiger partial charge in [0.25, 0.3) is 12.3 Å². The van der Waals surface area contributed by atoms with Crippen molar-refractivity contribution in [3.63, 3.8) is 0 Å². The largest absolute Gasteiger partial charge is 0.472 e. The third-order valence-electron chi connectivity index (χ3n) is 7.07. The van der Waals surface area contributed by atoms with Gasteiger partial charge in [-0.15, -0.1) is 0 Å². The van der Waals surface area contributed by atoms with Gasteiger partial charge in [-0.3, -0.25) is 14.7 Å². The van der Waals surface area contributed by atoms with Crippen molar-refractivity contribution < 1.29 is 23.0 Å². The smallest absolute Gasteiger partial charge is 0.272 e. The SMILES string of the molecule is CC1=C(c2ccc(OCC(F)F)nc2)CC(NC(=O)c2cnnc(C3(C#N)CC3)c2)(N2CCOCC2)C=N1. The van der Waals surface area contributed by atoms with Crippen molar-refractivity contribution >= 4 is 17.7 Å². The maximum Gasteiger partial charge on any atom is 0.272 e. The number of carbonyl (C=O) groups excluding carboxylic acids is 1. The van der Waals surface area contributed by atoms with Gasteiger partial charge in [0, 0.05) is 43.7 Å². The number of halogens is 2. The average molecular weight is 524 g/mol. The standard InChI is InChI=1S/C26H27F2N7O3/c1-17-20(18-2-3-23(30-12-18)38-14-22(27)28)11-26(16-31-17,35-6-8-37-9-7-35)33-24(36)19-10-21(34-32-13-19)25(15-29)4-5-25/h2-3,10,12-13,16,22H,4-9,11,14H2,1H3,(H,33,36). The first kappa shape index (κ1) is 25.8. The number of hydrogen-bond donors (Lipinski definition) is 1. The zero-order valence-electron chi connectivity index (χ0n) is 20.9. The van der Waals surface area contributed by atoms with E-state index in [4.69, 9.17) is 9.47 Å². The van der Waals surface area contributed by atoms with Crippen LogP contribution >= 0.6 is 0 Å². The number of allylic oxidation sites excluding steroid dienone is 1. The topological polar surface area (TPSA) is 126 Å². The molecule has 1 aliphatic carbocycles. The maximum atomic E-state index is 13.6. The van der Waals surface area contributed by atoms with E-state index in [2.05, 4.69) is 36.5 Å². The van der Waals surface area contributed by atoms with Crippen LogP contribution < -0.4 is 10.1 Å². The molecule has 2 fully saturated rings. The Morgan fingerprint density at radius 1 is 1.29 bits per heavy atom. The highest BCUT2D eigenvalue weighted by Crippen LogP contribution is 2.46. The number of alkyl halides is 2. The van der Waals surface area contributed by atoms with E-state index in [1.807, 2.05) is 6.92 Å². The second-order valence-electron chi connectivity index (χ2n) is 9.59. The normalized spacial score (nSPS) is 22.7. The highest BCUT2D eigenvalue weighted by Gasteiger charge is 2.47. The monoisotopic (exact) mass is 523 g/mol. The van der Waals surface area contributed by atoms with Crippen LogP contribution in [0.2, 0.25) is 0 Å². The van der Waals surface area contributed by atoms with Crippen molar-refractivity contribution in [1.29, 1.82) is 5.26 Å². The quantitative estimate of drug-likeness (QED) is 0.560. The maximum absolute atomic E-state index is 13.6. The van der Waals surface area contributed by atoms with Gasteiger partial charge in [-0.05, 0) is 43.0 Å². The third kappa shape index (κ3) is 5.25. The molecule has 12 heteroatoms. The van der Waals surface area contributed by atoms with E-state index >= 15 is 0 Å². The van der Waals surface area contributed by atoms with Crippen LogP contribution in [0.5, 0.6) is 5.88 Å². The van der Waals surface area contributed by atoms with Crippen LogP contribution in [0.3, 0.4) is 0 Å². The number of pyridine rings is 1. The lowest BCUT2D eigenvalue weighted by atomic mass is 9.90. The number of rotatable bonds is 8. The Morgan fingerprint density at radius 3 is 2.74 bits per heavy atom. The molecule has 10 nitrogen and oxygen atoms in total. The molecule has 1 saturated heterocycles. The molecular formula is C26H27F2N7O3. The summed E-state index contributed by atoms with van der Waals surface area (Å²) in [6, 6.07) is 7.21. The molecule has 4 heterocycles. The molecular weight excluding hydrogens is 496 g/mol. The molecule has 1 N–H and O–H groups in total. The average Bonchev–Trinajstić information content (AvgIpc) is 3.75. The predicted molar refractivity (Wildman–Crippen MR) is 133 cm³/mol. The van der Waals surface area contributed by atoms with Gasteiger partial charge in [0.05, 0.1) is 36.7 Å². The summed E-state index contributed by atoms with van der Waals surface area (Å²) in [6.07, 6.45) is 3.89. The number of nitriles is 1. The molecule has 2 aromatic rings. The number of aliphatic imine (C=N–C) groups is 1. The van der Waals surface area contributed by atoms with E-state index in [1.165, 1.54) is 6.20 Å². The number of morpholine rings is 1. The van der Waals surface area contributed by atoms with E-state index in [1.54, 1.807) is 30.6 Å². The second kappa shape index (κ2) is 10.5. The number of carbonyl (C=O) groups is 1. The van der Waals surface area contributed by atoms with Crippen LogP contribution in [0.4, 0.5) is 8.78 Å². The molecule has 0 radical (unpaired) electrons. The minimum atomic E-state index is -2.59. The van der Waals surface area contributed by atoms with Crippen molar-refractivity contribution in [3.05, 3.63) is 53.1 Å². The van der Waals surface area contributed by atoms with Crippen molar-refractivity contribution in [2.24, 2.45) is 4.99 Å². The second-order valence-corrected chi connectivity index (χ2v) is 9.59. The summed E-state index contributed by atoms with van der Waals surface area (Å²) in [5.41, 5.74) is 1.54. The van der Waals surface area contributed by atoms with Gasteiger partial charge >= 0.3 is 0 Å². The van der Waals surface area contributed by atoms with Crippen LogP contribution in [0.1, 0.15) is 47.8 Å². The number of nitrogens with zero attached hydrogens (tertiary/aromatic N) is 6. The minimum Gasteiger partial charge on any atom is -0.472 e. The Morgan fingerprint density at radius 2 is 2.08 bits per heavy atom. The third-order valence-corrected chi connectivity index (χ3v) is 7.07. The van der Waals surface area contributed by atoms with E-state index < -0.39 is 24.1 Å². The summed E-state index contributed by atoms with van der Waals surface area (Å²) in [5, 5.41) is 20.8. The zero-order valence-corrected chi connectivity index (χ0v) is 20.9. The molecule has 38 heavy (non-hydrogen) atoms. The Hall–Kier alpha value is -3.82. The lowest BCUT2D eigenvalue weighted by molar-refractivity contribution is -0.00621. The summed E-state index contributed by atoms with van der Waals surface area (Å²) < 4.78 is 35.5. The van der Waals surface area contributed by atoms with Gasteiger partial charge in [0.1, 0.15) is 11.1 Å². The predicted octanol–water partition coefficient (Wildman–Crippen LogP) is 2.73. The molecule has 0 bridgehead atoms. The summed E-state index contributed by atoms with van der Waals surface area (Å²) >= 11 is 0. The van der Waals surface area contributed by atoms with E-state index in [9.17, 15) is 18.8 Å². The van der Waals surface area contributed by atoms with Gasteiger partial charge in [-0.2, -0.15) is 15.5 Å². The van der Waals surface area contributed by atoms with Crippen molar-refractivity contribution in [2.45, 2.75) is 43.7 Å². The Kier molecular flexibility index (Phi) is 7.14. The highest BCUT2D eigenvalue weighted by molar-refractivity contribution is 5.98. The molecule has 1 unspecified atom stereocenters. The number of nitrogens with one attached hydrogen (secondary N) is 1. The zero-order chi connectivity index (χ0) is 26.8. The number of ether oxygens (including phenoxy) is 2. The molecule has 5 rings (SSSR count). The van der Waals surface area contributed by atoms with Crippen molar-refractivity contribution in [2.75, 3.05) is 32.9 Å². The van der Waals surface area contributed by atoms with Gasteiger partial charge in [-0.25, -0.2) is 13.8 Å². The minimum absolute atomic E-state index is 0.103. The lowest BCUT2D eigenvalue weighted by Gasteiger charge is -2.45. The molecule has 2 aromatic heterocycles. The molecule has 3 aliphatic rings. The molecule has 1 saturated carbocycles. The molecule has 1 amide bonds. The molecule has 198 valence electrons. The Labute approximate surface area is 218 Å². The summed E-state index contributed by atoms with van der Waals surface area (Å²) in [7, 11) is 0. The van der Waals surface area contributed by atoms with Gasteiger partial charge in [0.15, 0.2) is 6.61 Å². The fourth-order valence-corrected chi connectivity index (χ4v) is 4.68.